The fraction of sp³-hybridized carbons (Fsp3) is 0.231. The van der Waals surface area contributed by atoms with Gasteiger partial charge in [-0.05, 0) is 49.6 Å². The lowest BCUT2D eigenvalue weighted by Gasteiger charge is -2.21. The van der Waals surface area contributed by atoms with Crippen LogP contribution >= 0.6 is 0 Å². The number of benzene rings is 3. The van der Waals surface area contributed by atoms with E-state index in [-0.39, 0.29) is 11.8 Å². The van der Waals surface area contributed by atoms with E-state index in [0.717, 1.165) is 16.7 Å². The van der Waals surface area contributed by atoms with Gasteiger partial charge in [-0.1, -0.05) is 60.7 Å². The van der Waals surface area contributed by atoms with Gasteiger partial charge in [-0.2, -0.15) is 0 Å². The van der Waals surface area contributed by atoms with Gasteiger partial charge in [0.05, 0.1) is 11.3 Å². The summed E-state index contributed by atoms with van der Waals surface area (Å²) in [4.78, 5) is 27.5. The Morgan fingerprint density at radius 3 is 2.19 bits per heavy atom. The second-order valence-electron chi connectivity index (χ2n) is 7.66. The van der Waals surface area contributed by atoms with Gasteiger partial charge in [0.15, 0.2) is 6.10 Å². The molecule has 160 valence electrons. The first-order valence-electron chi connectivity index (χ1n) is 10.3. The van der Waals surface area contributed by atoms with Crippen LogP contribution in [-0.2, 0) is 11.3 Å². The molecular formula is C26H28N2O3. The number of hydrogen-bond acceptors (Lipinski definition) is 3. The fourth-order valence-electron chi connectivity index (χ4n) is 3.36. The summed E-state index contributed by atoms with van der Waals surface area (Å²) in [5, 5.41) is 2.86. The Hall–Kier alpha value is -3.60. The predicted molar refractivity (Wildman–Crippen MR) is 123 cm³/mol. The molecule has 3 aromatic rings. The van der Waals surface area contributed by atoms with Crippen molar-refractivity contribution >= 4 is 17.5 Å². The standard InChI is InChI=1S/C26H28N2O3/c1-18-11-10-12-19(2)24(18)31-20(3)25(29)27-23-16-9-8-15-22(23)26(30)28(4)17-21-13-6-5-7-14-21/h5-16,20H,17H2,1-4H3,(H,27,29). The Kier molecular flexibility index (Phi) is 7.08. The minimum Gasteiger partial charge on any atom is -0.480 e. The summed E-state index contributed by atoms with van der Waals surface area (Å²) in [7, 11) is 1.75. The second kappa shape index (κ2) is 9.94. The summed E-state index contributed by atoms with van der Waals surface area (Å²) in [6.07, 6.45) is -0.718. The number of carbonyl (C=O) groups excluding carboxylic acids is 2. The lowest BCUT2D eigenvalue weighted by atomic mass is 10.1. The molecule has 3 aromatic carbocycles. The van der Waals surface area contributed by atoms with Gasteiger partial charge in [-0.15, -0.1) is 0 Å². The minimum absolute atomic E-state index is 0.164. The van der Waals surface area contributed by atoms with Gasteiger partial charge in [-0.25, -0.2) is 0 Å². The molecule has 0 bridgehead atoms. The quantitative estimate of drug-likeness (QED) is 0.591. The highest BCUT2D eigenvalue weighted by Crippen LogP contribution is 2.24. The number of rotatable bonds is 7. The van der Waals surface area contributed by atoms with E-state index >= 15 is 0 Å². The Bertz CT molecular complexity index is 1040. The number of aryl methyl sites for hydroxylation is 2. The maximum atomic E-state index is 13.0. The third kappa shape index (κ3) is 5.51. The van der Waals surface area contributed by atoms with E-state index in [2.05, 4.69) is 5.32 Å². The fourth-order valence-corrected chi connectivity index (χ4v) is 3.36. The minimum atomic E-state index is -0.718. The van der Waals surface area contributed by atoms with Crippen LogP contribution in [0.25, 0.3) is 0 Å². The zero-order valence-electron chi connectivity index (χ0n) is 18.4. The molecule has 1 unspecified atom stereocenters. The number of nitrogens with one attached hydrogen (secondary N) is 1. The van der Waals surface area contributed by atoms with E-state index in [1.165, 1.54) is 0 Å². The van der Waals surface area contributed by atoms with Gasteiger partial charge in [0, 0.05) is 13.6 Å². The first-order valence-corrected chi connectivity index (χ1v) is 10.3. The van der Waals surface area contributed by atoms with E-state index in [0.29, 0.717) is 23.5 Å². The molecule has 5 heteroatoms. The molecule has 0 heterocycles. The molecule has 5 nitrogen and oxygen atoms in total. The Labute approximate surface area is 183 Å². The lowest BCUT2D eigenvalue weighted by molar-refractivity contribution is -0.122. The number of anilines is 1. The number of carbonyl (C=O) groups is 2. The van der Waals surface area contributed by atoms with Crippen LogP contribution in [0, 0.1) is 13.8 Å². The van der Waals surface area contributed by atoms with Crippen molar-refractivity contribution in [3.05, 3.63) is 95.1 Å². The average Bonchev–Trinajstić information content (AvgIpc) is 2.76. The molecule has 0 saturated carbocycles. The molecule has 1 N–H and O–H groups in total. The monoisotopic (exact) mass is 416 g/mol. The Balaban J connectivity index is 1.72. The van der Waals surface area contributed by atoms with Crippen LogP contribution in [-0.4, -0.2) is 29.9 Å². The lowest BCUT2D eigenvalue weighted by Crippen LogP contribution is -2.32. The molecule has 0 aliphatic heterocycles. The Morgan fingerprint density at radius 2 is 1.52 bits per heavy atom. The highest BCUT2D eigenvalue weighted by molar-refractivity contribution is 6.04. The van der Waals surface area contributed by atoms with Crippen LogP contribution < -0.4 is 10.1 Å². The number of nitrogens with zero attached hydrogens (tertiary/aromatic N) is 1. The third-order valence-corrected chi connectivity index (χ3v) is 5.10. The topological polar surface area (TPSA) is 58.6 Å². The molecule has 2 amide bonds. The number of ether oxygens (including phenoxy) is 1. The van der Waals surface area contributed by atoms with Crippen molar-refractivity contribution in [3.63, 3.8) is 0 Å². The van der Waals surface area contributed by atoms with Crippen molar-refractivity contribution in [2.45, 2.75) is 33.4 Å². The van der Waals surface area contributed by atoms with Crippen molar-refractivity contribution in [3.8, 4) is 5.75 Å². The molecule has 3 rings (SSSR count). The van der Waals surface area contributed by atoms with Crippen molar-refractivity contribution in [1.82, 2.24) is 4.90 Å². The van der Waals surface area contributed by atoms with Crippen LogP contribution in [0.2, 0.25) is 0 Å². The van der Waals surface area contributed by atoms with Gasteiger partial charge in [-0.3, -0.25) is 9.59 Å². The molecule has 0 aliphatic carbocycles. The van der Waals surface area contributed by atoms with Crippen molar-refractivity contribution < 1.29 is 14.3 Å². The van der Waals surface area contributed by atoms with Crippen LogP contribution in [0.5, 0.6) is 5.75 Å². The number of para-hydroxylation sites is 2. The highest BCUT2D eigenvalue weighted by atomic mass is 16.5. The average molecular weight is 417 g/mol. The van der Waals surface area contributed by atoms with E-state index in [1.54, 1.807) is 43.1 Å². The highest BCUT2D eigenvalue weighted by Gasteiger charge is 2.21. The molecule has 31 heavy (non-hydrogen) atoms. The second-order valence-corrected chi connectivity index (χ2v) is 7.66. The predicted octanol–water partition coefficient (Wildman–Crippen LogP) is 4.98. The zero-order valence-corrected chi connectivity index (χ0v) is 18.4. The maximum Gasteiger partial charge on any atom is 0.265 e. The molecule has 0 aromatic heterocycles. The van der Waals surface area contributed by atoms with E-state index in [4.69, 9.17) is 4.74 Å². The van der Waals surface area contributed by atoms with Crippen LogP contribution in [0.15, 0.2) is 72.8 Å². The summed E-state index contributed by atoms with van der Waals surface area (Å²) in [6, 6.07) is 22.7. The van der Waals surface area contributed by atoms with Gasteiger partial charge in [0.2, 0.25) is 0 Å². The summed E-state index contributed by atoms with van der Waals surface area (Å²) >= 11 is 0. The first kappa shape index (κ1) is 22.1. The van der Waals surface area contributed by atoms with Gasteiger partial charge < -0.3 is 15.0 Å². The normalized spacial score (nSPS) is 11.5. The number of amides is 2. The molecule has 0 aliphatic rings. The summed E-state index contributed by atoms with van der Waals surface area (Å²) < 4.78 is 5.93. The summed E-state index contributed by atoms with van der Waals surface area (Å²) in [5.41, 5.74) is 3.88. The van der Waals surface area contributed by atoms with Crippen LogP contribution in [0.1, 0.15) is 34.0 Å². The first-order chi connectivity index (χ1) is 14.9. The van der Waals surface area contributed by atoms with Crippen LogP contribution in [0.3, 0.4) is 0 Å². The van der Waals surface area contributed by atoms with Crippen molar-refractivity contribution in [2.75, 3.05) is 12.4 Å². The smallest absolute Gasteiger partial charge is 0.265 e. The van der Waals surface area contributed by atoms with E-state index in [9.17, 15) is 9.59 Å². The molecule has 0 spiro atoms. The van der Waals surface area contributed by atoms with Gasteiger partial charge in [0.25, 0.3) is 11.8 Å². The number of hydrogen-bond donors (Lipinski definition) is 1. The van der Waals surface area contributed by atoms with Crippen molar-refractivity contribution in [2.24, 2.45) is 0 Å². The van der Waals surface area contributed by atoms with Gasteiger partial charge >= 0.3 is 0 Å². The SMILES string of the molecule is Cc1cccc(C)c1OC(C)C(=O)Nc1ccccc1C(=O)N(C)Cc1ccccc1. The Morgan fingerprint density at radius 1 is 0.903 bits per heavy atom. The maximum absolute atomic E-state index is 13.0. The van der Waals surface area contributed by atoms with E-state index in [1.807, 2.05) is 62.4 Å². The summed E-state index contributed by atoms with van der Waals surface area (Å²) in [5.74, 6) is 0.230. The molecule has 1 atom stereocenters. The van der Waals surface area contributed by atoms with Gasteiger partial charge in [0.1, 0.15) is 5.75 Å². The van der Waals surface area contributed by atoms with E-state index < -0.39 is 6.10 Å². The molecular weight excluding hydrogens is 388 g/mol. The van der Waals surface area contributed by atoms with Crippen molar-refractivity contribution in [1.29, 1.82) is 0 Å². The molecule has 0 radical (unpaired) electrons. The zero-order chi connectivity index (χ0) is 22.4. The molecule has 0 fully saturated rings. The summed E-state index contributed by atoms with van der Waals surface area (Å²) in [6.45, 7) is 6.08. The largest absolute Gasteiger partial charge is 0.480 e. The van der Waals surface area contributed by atoms with Crippen LogP contribution in [0.4, 0.5) is 5.69 Å². The third-order valence-electron chi connectivity index (χ3n) is 5.10. The molecule has 0 saturated heterocycles.